The lowest BCUT2D eigenvalue weighted by Crippen LogP contribution is -2.51. The van der Waals surface area contributed by atoms with Crippen LogP contribution in [0.4, 0.5) is 0 Å². The van der Waals surface area contributed by atoms with Gasteiger partial charge < -0.3 is 9.47 Å². The molecule has 0 unspecified atom stereocenters. The number of nitrogens with zero attached hydrogens (tertiary/aromatic N) is 4. The van der Waals surface area contributed by atoms with E-state index in [0.29, 0.717) is 18.1 Å². The summed E-state index contributed by atoms with van der Waals surface area (Å²) in [5.74, 6) is 1.65. The molecule has 2 aliphatic rings. The van der Waals surface area contributed by atoms with Crippen LogP contribution in [0.3, 0.4) is 0 Å². The predicted molar refractivity (Wildman–Crippen MR) is 83.5 cm³/mol. The fourth-order valence-electron chi connectivity index (χ4n) is 3.93. The Balaban J connectivity index is 1.71. The molecule has 1 aliphatic heterocycles. The molecule has 6 nitrogen and oxygen atoms in total. The van der Waals surface area contributed by atoms with Crippen molar-refractivity contribution < 1.29 is 9.47 Å². The fourth-order valence-corrected chi connectivity index (χ4v) is 3.93. The number of aryl methyl sites for hydroxylation is 1. The molecular formula is C16H28N4O2. The van der Waals surface area contributed by atoms with Crippen LogP contribution in [0.5, 0.6) is 0 Å². The number of hydrogen-bond acceptors (Lipinski definition) is 5. The zero-order valence-corrected chi connectivity index (χ0v) is 13.8. The van der Waals surface area contributed by atoms with Gasteiger partial charge in [-0.15, -0.1) is 0 Å². The van der Waals surface area contributed by atoms with Gasteiger partial charge >= 0.3 is 0 Å². The second-order valence-corrected chi connectivity index (χ2v) is 6.38. The molecule has 6 heteroatoms. The molecule has 2 heterocycles. The van der Waals surface area contributed by atoms with Crippen LogP contribution < -0.4 is 0 Å². The van der Waals surface area contributed by atoms with Crippen LogP contribution in [0.2, 0.25) is 0 Å². The standard InChI is InChI=1S/C16H28N4O2/c1-3-7-20-16(17-12-18-20)10-19-8-9-22-11-14(19)13-5-4-6-15(13)21-2/h12-15H,3-11H2,1-2H3/t13-,14+,15-/m0/s1. The quantitative estimate of drug-likeness (QED) is 0.801. The van der Waals surface area contributed by atoms with E-state index in [1.54, 1.807) is 6.33 Å². The lowest BCUT2D eigenvalue weighted by molar-refractivity contribution is -0.0620. The smallest absolute Gasteiger partial charge is 0.141 e. The monoisotopic (exact) mass is 308 g/mol. The van der Waals surface area contributed by atoms with Gasteiger partial charge in [-0.25, -0.2) is 9.67 Å². The normalized spacial score (nSPS) is 30.0. The van der Waals surface area contributed by atoms with Gasteiger partial charge in [-0.05, 0) is 19.3 Å². The topological polar surface area (TPSA) is 52.4 Å². The van der Waals surface area contributed by atoms with Gasteiger partial charge in [0.1, 0.15) is 12.2 Å². The van der Waals surface area contributed by atoms with Crippen molar-refractivity contribution in [3.8, 4) is 0 Å². The van der Waals surface area contributed by atoms with Crippen LogP contribution in [-0.4, -0.2) is 58.7 Å². The lowest BCUT2D eigenvalue weighted by Gasteiger charge is -2.40. The Morgan fingerprint density at radius 3 is 3.14 bits per heavy atom. The zero-order valence-electron chi connectivity index (χ0n) is 13.8. The molecule has 22 heavy (non-hydrogen) atoms. The first kappa shape index (κ1) is 15.9. The number of aromatic nitrogens is 3. The first-order chi connectivity index (χ1) is 10.8. The molecule has 1 aromatic rings. The van der Waals surface area contributed by atoms with Crippen LogP contribution in [0, 0.1) is 5.92 Å². The van der Waals surface area contributed by atoms with Crippen LogP contribution in [0.1, 0.15) is 38.4 Å². The Hall–Kier alpha value is -0.980. The van der Waals surface area contributed by atoms with Crippen LogP contribution in [0.25, 0.3) is 0 Å². The van der Waals surface area contributed by atoms with Gasteiger partial charge in [0.05, 0.1) is 25.9 Å². The highest BCUT2D eigenvalue weighted by Crippen LogP contribution is 2.34. The van der Waals surface area contributed by atoms with Crippen LogP contribution >= 0.6 is 0 Å². The zero-order chi connectivity index (χ0) is 15.4. The minimum absolute atomic E-state index is 0.378. The number of morpholine rings is 1. The van der Waals surface area contributed by atoms with Crippen molar-refractivity contribution in [2.45, 2.75) is 57.8 Å². The number of rotatable bonds is 6. The molecule has 0 aromatic carbocycles. The molecule has 1 aromatic heterocycles. The largest absolute Gasteiger partial charge is 0.381 e. The molecule has 0 bridgehead atoms. The van der Waals surface area contributed by atoms with Gasteiger partial charge in [0.15, 0.2) is 0 Å². The number of ether oxygens (including phenoxy) is 2. The highest BCUT2D eigenvalue weighted by Gasteiger charge is 2.38. The summed E-state index contributed by atoms with van der Waals surface area (Å²) in [6.45, 7) is 6.56. The first-order valence-electron chi connectivity index (χ1n) is 8.54. The SMILES string of the molecule is CCCn1ncnc1CN1CCOC[C@@H]1[C@@H]1CCC[C@@H]1OC. The van der Waals surface area contributed by atoms with E-state index in [2.05, 4.69) is 21.9 Å². The van der Waals surface area contributed by atoms with Gasteiger partial charge in [-0.1, -0.05) is 13.3 Å². The maximum atomic E-state index is 5.77. The molecule has 3 atom stereocenters. The Labute approximate surface area is 132 Å². The maximum Gasteiger partial charge on any atom is 0.141 e. The summed E-state index contributed by atoms with van der Waals surface area (Å²) in [5, 5.41) is 4.35. The Morgan fingerprint density at radius 2 is 2.32 bits per heavy atom. The minimum Gasteiger partial charge on any atom is -0.381 e. The van der Waals surface area contributed by atoms with Crippen molar-refractivity contribution in [3.05, 3.63) is 12.2 Å². The molecule has 0 N–H and O–H groups in total. The highest BCUT2D eigenvalue weighted by atomic mass is 16.5. The molecule has 124 valence electrons. The molecular weight excluding hydrogens is 280 g/mol. The van der Waals surface area contributed by atoms with E-state index in [-0.39, 0.29) is 0 Å². The third-order valence-electron chi connectivity index (χ3n) is 5.06. The van der Waals surface area contributed by atoms with E-state index >= 15 is 0 Å². The average Bonchev–Trinajstić information content (AvgIpc) is 3.18. The Morgan fingerprint density at radius 1 is 1.41 bits per heavy atom. The summed E-state index contributed by atoms with van der Waals surface area (Å²) in [6.07, 6.45) is 6.81. The average molecular weight is 308 g/mol. The van der Waals surface area contributed by atoms with Crippen molar-refractivity contribution >= 4 is 0 Å². The summed E-state index contributed by atoms with van der Waals surface area (Å²) in [5.41, 5.74) is 0. The van der Waals surface area contributed by atoms with E-state index in [1.807, 2.05) is 11.8 Å². The first-order valence-corrected chi connectivity index (χ1v) is 8.54. The van der Waals surface area contributed by atoms with E-state index in [0.717, 1.165) is 45.1 Å². The van der Waals surface area contributed by atoms with Gasteiger partial charge in [0.25, 0.3) is 0 Å². The summed E-state index contributed by atoms with van der Waals surface area (Å²) >= 11 is 0. The summed E-state index contributed by atoms with van der Waals surface area (Å²) in [6, 6.07) is 0.438. The lowest BCUT2D eigenvalue weighted by atomic mass is 9.94. The predicted octanol–water partition coefficient (Wildman–Crippen LogP) is 1.70. The molecule has 0 spiro atoms. The number of methoxy groups -OCH3 is 1. The van der Waals surface area contributed by atoms with E-state index in [4.69, 9.17) is 9.47 Å². The number of hydrogen-bond donors (Lipinski definition) is 0. The highest BCUT2D eigenvalue weighted by molar-refractivity contribution is 4.94. The summed E-state index contributed by atoms with van der Waals surface area (Å²) < 4.78 is 13.5. The van der Waals surface area contributed by atoms with Crippen LogP contribution in [-0.2, 0) is 22.6 Å². The van der Waals surface area contributed by atoms with Crippen molar-refractivity contribution in [1.29, 1.82) is 0 Å². The molecule has 1 saturated carbocycles. The van der Waals surface area contributed by atoms with Crippen molar-refractivity contribution in [1.82, 2.24) is 19.7 Å². The molecule has 2 fully saturated rings. The third-order valence-corrected chi connectivity index (χ3v) is 5.06. The molecule has 1 aliphatic carbocycles. The summed E-state index contributed by atoms with van der Waals surface area (Å²) in [4.78, 5) is 7.00. The molecule has 1 saturated heterocycles. The minimum atomic E-state index is 0.378. The Kier molecular flexibility index (Phi) is 5.44. The van der Waals surface area contributed by atoms with Crippen LogP contribution in [0.15, 0.2) is 6.33 Å². The van der Waals surface area contributed by atoms with E-state index < -0.39 is 0 Å². The van der Waals surface area contributed by atoms with E-state index in [1.165, 1.54) is 19.3 Å². The van der Waals surface area contributed by atoms with Gasteiger partial charge in [0, 0.05) is 32.2 Å². The van der Waals surface area contributed by atoms with Gasteiger partial charge in [0.2, 0.25) is 0 Å². The van der Waals surface area contributed by atoms with Gasteiger partial charge in [-0.3, -0.25) is 4.90 Å². The maximum absolute atomic E-state index is 5.77. The molecule has 0 radical (unpaired) electrons. The molecule has 3 rings (SSSR count). The summed E-state index contributed by atoms with van der Waals surface area (Å²) in [7, 11) is 1.84. The van der Waals surface area contributed by atoms with Crippen molar-refractivity contribution in [3.63, 3.8) is 0 Å². The second-order valence-electron chi connectivity index (χ2n) is 6.38. The van der Waals surface area contributed by atoms with Gasteiger partial charge in [-0.2, -0.15) is 5.10 Å². The fraction of sp³-hybridized carbons (Fsp3) is 0.875. The van der Waals surface area contributed by atoms with E-state index in [9.17, 15) is 0 Å². The second kappa shape index (κ2) is 7.53. The molecule has 0 amide bonds. The van der Waals surface area contributed by atoms with Crippen molar-refractivity contribution in [2.24, 2.45) is 5.92 Å². The third kappa shape index (κ3) is 3.34. The van der Waals surface area contributed by atoms with Crippen molar-refractivity contribution in [2.75, 3.05) is 26.9 Å². The Bertz CT molecular complexity index is 465.